The van der Waals surface area contributed by atoms with Crippen molar-refractivity contribution in [2.24, 2.45) is 12.1 Å². The molecule has 1 aromatic carbocycles. The fourth-order valence-electron chi connectivity index (χ4n) is 2.24. The normalized spacial score (nSPS) is 16.7. The van der Waals surface area contributed by atoms with E-state index in [-0.39, 0.29) is 5.91 Å². The monoisotopic (exact) mass is 280 g/mol. The quantitative estimate of drug-likeness (QED) is 0.794. The van der Waals surface area contributed by atoms with Crippen molar-refractivity contribution in [3.8, 4) is 0 Å². The summed E-state index contributed by atoms with van der Waals surface area (Å²) in [5.74, 6) is -0.109. The van der Waals surface area contributed by atoms with E-state index in [0.29, 0.717) is 11.3 Å². The van der Waals surface area contributed by atoms with Crippen molar-refractivity contribution in [1.82, 2.24) is 9.78 Å². The van der Waals surface area contributed by atoms with Crippen molar-refractivity contribution < 1.29 is 4.79 Å². The van der Waals surface area contributed by atoms with Crippen LogP contribution in [0, 0.1) is 6.92 Å². The Hall–Kier alpha value is -2.69. The first-order chi connectivity index (χ1) is 10.1. The zero-order valence-corrected chi connectivity index (χ0v) is 12.2. The molecule has 106 valence electrons. The van der Waals surface area contributed by atoms with Crippen molar-refractivity contribution in [2.75, 3.05) is 5.01 Å². The highest BCUT2D eigenvalue weighted by atomic mass is 16.2. The zero-order chi connectivity index (χ0) is 15.0. The number of aromatic nitrogens is 2. The summed E-state index contributed by atoms with van der Waals surface area (Å²) < 4.78 is 1.78. The Morgan fingerprint density at radius 3 is 2.48 bits per heavy atom. The molecule has 3 rings (SSSR count). The third-order valence-electron chi connectivity index (χ3n) is 3.64. The summed E-state index contributed by atoms with van der Waals surface area (Å²) >= 11 is 0. The van der Waals surface area contributed by atoms with Gasteiger partial charge in [0.1, 0.15) is 0 Å². The van der Waals surface area contributed by atoms with Crippen molar-refractivity contribution in [2.45, 2.75) is 13.8 Å². The summed E-state index contributed by atoms with van der Waals surface area (Å²) in [6.45, 7) is 3.82. The second-order valence-corrected chi connectivity index (χ2v) is 5.00. The van der Waals surface area contributed by atoms with Gasteiger partial charge in [0.05, 0.1) is 23.2 Å². The fraction of sp³-hybridized carbons (Fsp3) is 0.188. The van der Waals surface area contributed by atoms with Gasteiger partial charge in [-0.05, 0) is 32.1 Å². The Morgan fingerprint density at radius 1 is 1.14 bits per heavy atom. The number of carbonyl (C=O) groups is 1. The maximum Gasteiger partial charge on any atom is 0.280 e. The van der Waals surface area contributed by atoms with Crippen molar-refractivity contribution in [1.29, 1.82) is 0 Å². The van der Waals surface area contributed by atoms with E-state index in [2.05, 4.69) is 10.2 Å². The molecular weight excluding hydrogens is 264 g/mol. The van der Waals surface area contributed by atoms with Crippen LogP contribution in [0.3, 0.4) is 0 Å². The second-order valence-electron chi connectivity index (χ2n) is 5.00. The molecule has 5 heteroatoms. The molecule has 1 aliphatic rings. The average molecular weight is 280 g/mol. The van der Waals surface area contributed by atoms with E-state index in [1.807, 2.05) is 57.3 Å². The number of hydrogen-bond acceptors (Lipinski definition) is 3. The molecule has 0 fully saturated rings. The molecule has 1 aromatic heterocycles. The van der Waals surface area contributed by atoms with Crippen LogP contribution in [0.1, 0.15) is 18.2 Å². The van der Waals surface area contributed by atoms with Gasteiger partial charge in [-0.25, -0.2) is 0 Å². The van der Waals surface area contributed by atoms with Crippen LogP contribution in [0.4, 0.5) is 5.69 Å². The molecule has 0 radical (unpaired) electrons. The van der Waals surface area contributed by atoms with Crippen molar-refractivity contribution in [3.63, 3.8) is 0 Å². The number of hydrogen-bond donors (Lipinski definition) is 0. The largest absolute Gasteiger partial charge is 0.280 e. The molecule has 2 aromatic rings. The van der Waals surface area contributed by atoms with Crippen LogP contribution in [0.25, 0.3) is 6.08 Å². The number of aryl methyl sites for hydroxylation is 1. The van der Waals surface area contributed by atoms with E-state index in [9.17, 15) is 4.79 Å². The van der Waals surface area contributed by atoms with Gasteiger partial charge in [-0.3, -0.25) is 9.48 Å². The number of benzene rings is 1. The first kappa shape index (κ1) is 13.3. The fourth-order valence-corrected chi connectivity index (χ4v) is 2.24. The van der Waals surface area contributed by atoms with Crippen LogP contribution >= 0.6 is 0 Å². The molecule has 0 unspecified atom stereocenters. The molecule has 0 bridgehead atoms. The summed E-state index contributed by atoms with van der Waals surface area (Å²) in [5, 5.41) is 9.99. The minimum atomic E-state index is -0.109. The Labute approximate surface area is 123 Å². The molecule has 0 aliphatic carbocycles. The van der Waals surface area contributed by atoms with Gasteiger partial charge in [0.2, 0.25) is 0 Å². The molecule has 0 saturated carbocycles. The van der Waals surface area contributed by atoms with Crippen molar-refractivity contribution in [3.05, 3.63) is 53.4 Å². The van der Waals surface area contributed by atoms with Gasteiger partial charge >= 0.3 is 0 Å². The summed E-state index contributed by atoms with van der Waals surface area (Å²) in [6.07, 6.45) is 3.61. The second kappa shape index (κ2) is 5.01. The standard InChI is InChI=1S/C16H16N4O/c1-11-15(9-13-10-17-19(3)12(13)2)16(21)20(18-11)14-7-5-4-6-8-14/h4-10H,1-3H3/b15-9+. The minimum Gasteiger partial charge on any atom is -0.272 e. The maximum atomic E-state index is 12.6. The molecular formula is C16H16N4O. The lowest BCUT2D eigenvalue weighted by Crippen LogP contribution is -2.21. The Kier molecular flexibility index (Phi) is 3.17. The molecule has 0 N–H and O–H groups in total. The smallest absolute Gasteiger partial charge is 0.272 e. The number of rotatable bonds is 2. The third-order valence-corrected chi connectivity index (χ3v) is 3.64. The number of anilines is 1. The lowest BCUT2D eigenvalue weighted by molar-refractivity contribution is -0.114. The summed E-state index contributed by atoms with van der Waals surface area (Å²) in [7, 11) is 1.88. The highest BCUT2D eigenvalue weighted by Gasteiger charge is 2.28. The van der Waals surface area contributed by atoms with Gasteiger partial charge in [-0.2, -0.15) is 15.2 Å². The lowest BCUT2D eigenvalue weighted by atomic mass is 10.1. The maximum absolute atomic E-state index is 12.6. The highest BCUT2D eigenvalue weighted by Crippen LogP contribution is 2.25. The molecule has 2 heterocycles. The number of amides is 1. The lowest BCUT2D eigenvalue weighted by Gasteiger charge is -2.10. The van der Waals surface area contributed by atoms with Crippen LogP contribution in [-0.4, -0.2) is 21.4 Å². The van der Waals surface area contributed by atoms with E-state index in [1.165, 1.54) is 5.01 Å². The molecule has 5 nitrogen and oxygen atoms in total. The Morgan fingerprint density at radius 2 is 1.86 bits per heavy atom. The van der Waals surface area contributed by atoms with Gasteiger partial charge in [0.15, 0.2) is 0 Å². The van der Waals surface area contributed by atoms with Crippen molar-refractivity contribution >= 4 is 23.4 Å². The molecule has 21 heavy (non-hydrogen) atoms. The summed E-state index contributed by atoms with van der Waals surface area (Å²) in [5.41, 5.74) is 4.04. The molecule has 1 aliphatic heterocycles. The minimum absolute atomic E-state index is 0.109. The van der Waals surface area contributed by atoms with Gasteiger partial charge < -0.3 is 0 Å². The highest BCUT2D eigenvalue weighted by molar-refractivity contribution is 6.32. The van der Waals surface area contributed by atoms with E-state index in [1.54, 1.807) is 10.9 Å². The van der Waals surface area contributed by atoms with E-state index >= 15 is 0 Å². The summed E-state index contributed by atoms with van der Waals surface area (Å²) in [4.78, 5) is 12.6. The van der Waals surface area contributed by atoms with E-state index < -0.39 is 0 Å². The molecule has 0 saturated heterocycles. The van der Waals surface area contributed by atoms with Gasteiger partial charge in [-0.1, -0.05) is 18.2 Å². The Bertz CT molecular complexity index is 756. The predicted octanol–water partition coefficient (Wildman–Crippen LogP) is 2.53. The van der Waals surface area contributed by atoms with Gasteiger partial charge in [-0.15, -0.1) is 0 Å². The summed E-state index contributed by atoms with van der Waals surface area (Å²) in [6, 6.07) is 9.43. The van der Waals surface area contributed by atoms with Crippen LogP contribution in [0.2, 0.25) is 0 Å². The van der Waals surface area contributed by atoms with Gasteiger partial charge in [0.25, 0.3) is 5.91 Å². The number of para-hydroxylation sites is 1. The van der Waals surface area contributed by atoms with Crippen LogP contribution < -0.4 is 5.01 Å². The zero-order valence-electron chi connectivity index (χ0n) is 12.2. The van der Waals surface area contributed by atoms with E-state index in [4.69, 9.17) is 0 Å². The molecule has 0 spiro atoms. The average Bonchev–Trinajstić information content (AvgIpc) is 2.96. The Balaban J connectivity index is 1.98. The van der Waals surface area contributed by atoms with Crippen LogP contribution in [0.15, 0.2) is 47.2 Å². The number of carbonyl (C=O) groups excluding carboxylic acids is 1. The predicted molar refractivity (Wildman–Crippen MR) is 83.0 cm³/mol. The van der Waals surface area contributed by atoms with Crippen LogP contribution in [0.5, 0.6) is 0 Å². The first-order valence-corrected chi connectivity index (χ1v) is 6.73. The third kappa shape index (κ3) is 2.27. The SMILES string of the molecule is CC1=NN(c2ccccc2)C(=O)/C1=C/c1cnn(C)c1C. The van der Waals surface area contributed by atoms with E-state index in [0.717, 1.165) is 16.9 Å². The number of hydrazone groups is 1. The molecule has 0 atom stereocenters. The van der Waals surface area contributed by atoms with Gasteiger partial charge in [0, 0.05) is 18.3 Å². The molecule has 1 amide bonds. The van der Waals surface area contributed by atoms with Crippen LogP contribution in [-0.2, 0) is 11.8 Å². The first-order valence-electron chi connectivity index (χ1n) is 6.73. The number of nitrogens with zero attached hydrogens (tertiary/aromatic N) is 4. The topological polar surface area (TPSA) is 50.5 Å².